The molecule has 21 heavy (non-hydrogen) atoms. The molecule has 5 heteroatoms. The Hall–Kier alpha value is -2.69. The number of methoxy groups -OCH3 is 1. The number of rotatable bonds is 3. The van der Waals surface area contributed by atoms with Crippen LogP contribution in [0.3, 0.4) is 0 Å². The molecule has 0 N–H and O–H groups in total. The van der Waals surface area contributed by atoms with Gasteiger partial charge in [-0.3, -0.25) is 0 Å². The molecule has 2 aromatic rings. The third-order valence-corrected chi connectivity index (χ3v) is 3.09. The molecule has 0 aliphatic carbocycles. The van der Waals surface area contributed by atoms with Crippen LogP contribution < -0.4 is 9.47 Å². The minimum atomic E-state index is -0.461. The fourth-order valence-corrected chi connectivity index (χ4v) is 1.90. The molecule has 0 unspecified atom stereocenters. The SMILES string of the molecule is COC(=O)c1cccc(C(=O)[n+]2ccc(N(C)C)cc2)c1. The zero-order valence-electron chi connectivity index (χ0n) is 12.2. The number of pyridine rings is 1. The second kappa shape index (κ2) is 6.17. The van der Waals surface area contributed by atoms with Gasteiger partial charge in [-0.1, -0.05) is 6.07 Å². The van der Waals surface area contributed by atoms with E-state index in [1.807, 2.05) is 31.1 Å². The fraction of sp³-hybridized carbons (Fsp3) is 0.188. The van der Waals surface area contributed by atoms with Crippen LogP contribution in [0.25, 0.3) is 0 Å². The van der Waals surface area contributed by atoms with Crippen molar-refractivity contribution >= 4 is 17.6 Å². The van der Waals surface area contributed by atoms with Crippen LogP contribution in [-0.4, -0.2) is 33.1 Å². The van der Waals surface area contributed by atoms with Crippen LogP contribution in [0.1, 0.15) is 20.7 Å². The standard InChI is InChI=1S/C16H17N2O3/c1-17(2)14-7-9-18(10-8-14)15(19)12-5-4-6-13(11-12)16(20)21-3/h4-11H,1-3H3/q+1. The number of carbonyl (C=O) groups is 2. The van der Waals surface area contributed by atoms with E-state index in [0.717, 1.165) is 5.69 Å². The highest BCUT2D eigenvalue weighted by Gasteiger charge is 2.19. The van der Waals surface area contributed by atoms with Crippen molar-refractivity contribution < 1.29 is 18.9 Å². The first-order valence-electron chi connectivity index (χ1n) is 6.44. The van der Waals surface area contributed by atoms with Crippen LogP contribution in [0.4, 0.5) is 5.69 Å². The van der Waals surface area contributed by atoms with Gasteiger partial charge in [0.1, 0.15) is 0 Å². The quantitative estimate of drug-likeness (QED) is 0.633. The monoisotopic (exact) mass is 285 g/mol. The van der Waals surface area contributed by atoms with Gasteiger partial charge in [0.15, 0.2) is 12.4 Å². The molecule has 0 radical (unpaired) electrons. The zero-order chi connectivity index (χ0) is 15.4. The van der Waals surface area contributed by atoms with Gasteiger partial charge in [-0.15, -0.1) is 4.57 Å². The largest absolute Gasteiger partial charge is 0.465 e. The van der Waals surface area contributed by atoms with Gasteiger partial charge in [-0.25, -0.2) is 9.59 Å². The second-order valence-corrected chi connectivity index (χ2v) is 4.74. The lowest BCUT2D eigenvalue weighted by molar-refractivity contribution is -0.570. The number of aromatic nitrogens is 1. The predicted molar refractivity (Wildman–Crippen MR) is 78.5 cm³/mol. The van der Waals surface area contributed by atoms with Crippen LogP contribution in [0, 0.1) is 0 Å². The van der Waals surface area contributed by atoms with E-state index in [2.05, 4.69) is 4.74 Å². The summed E-state index contributed by atoms with van der Waals surface area (Å²) in [4.78, 5) is 25.8. The first-order valence-corrected chi connectivity index (χ1v) is 6.44. The Morgan fingerprint density at radius 1 is 1.05 bits per heavy atom. The maximum atomic E-state index is 12.4. The summed E-state index contributed by atoms with van der Waals surface area (Å²) < 4.78 is 6.13. The summed E-state index contributed by atoms with van der Waals surface area (Å²) in [6, 6.07) is 10.2. The molecular weight excluding hydrogens is 268 g/mol. The lowest BCUT2D eigenvalue weighted by Gasteiger charge is -2.10. The molecule has 1 aromatic carbocycles. The van der Waals surface area contributed by atoms with Gasteiger partial charge in [-0.2, -0.15) is 0 Å². The average Bonchev–Trinajstić information content (AvgIpc) is 2.53. The van der Waals surface area contributed by atoms with Gasteiger partial charge < -0.3 is 9.64 Å². The molecule has 108 valence electrons. The number of esters is 1. The minimum Gasteiger partial charge on any atom is -0.465 e. The van der Waals surface area contributed by atoms with Crippen LogP contribution in [-0.2, 0) is 4.74 Å². The van der Waals surface area contributed by atoms with Crippen molar-refractivity contribution in [1.29, 1.82) is 0 Å². The Balaban J connectivity index is 2.29. The molecule has 0 aliphatic heterocycles. The highest BCUT2D eigenvalue weighted by Crippen LogP contribution is 2.09. The Labute approximate surface area is 123 Å². The summed E-state index contributed by atoms with van der Waals surface area (Å²) in [5.74, 6) is -0.663. The lowest BCUT2D eigenvalue weighted by atomic mass is 10.1. The van der Waals surface area contributed by atoms with E-state index in [-0.39, 0.29) is 5.91 Å². The van der Waals surface area contributed by atoms with Crippen LogP contribution in [0.2, 0.25) is 0 Å². The lowest BCUT2D eigenvalue weighted by Crippen LogP contribution is -2.42. The van der Waals surface area contributed by atoms with E-state index >= 15 is 0 Å². The smallest absolute Gasteiger partial charge is 0.424 e. The predicted octanol–water partition coefficient (Wildman–Crippen LogP) is 1.52. The molecular formula is C16H17N2O3+. The second-order valence-electron chi connectivity index (χ2n) is 4.74. The van der Waals surface area contributed by atoms with E-state index in [1.165, 1.54) is 17.7 Å². The van der Waals surface area contributed by atoms with Crippen molar-refractivity contribution in [2.45, 2.75) is 0 Å². The summed E-state index contributed by atoms with van der Waals surface area (Å²) in [7, 11) is 5.17. The molecule has 0 spiro atoms. The van der Waals surface area contributed by atoms with Crippen molar-refractivity contribution in [3.63, 3.8) is 0 Å². The number of anilines is 1. The van der Waals surface area contributed by atoms with E-state index in [0.29, 0.717) is 11.1 Å². The molecule has 0 atom stereocenters. The summed E-state index contributed by atoms with van der Waals surface area (Å²) in [6.45, 7) is 0. The third-order valence-electron chi connectivity index (χ3n) is 3.09. The minimum absolute atomic E-state index is 0.203. The van der Waals surface area contributed by atoms with Crippen molar-refractivity contribution in [2.75, 3.05) is 26.1 Å². The van der Waals surface area contributed by atoms with Gasteiger partial charge in [0, 0.05) is 31.9 Å². The van der Waals surface area contributed by atoms with E-state index in [4.69, 9.17) is 0 Å². The molecule has 0 fully saturated rings. The number of carbonyl (C=O) groups excluding carboxylic acids is 2. The number of hydrogen-bond donors (Lipinski definition) is 0. The zero-order valence-corrected chi connectivity index (χ0v) is 12.2. The number of hydrogen-bond acceptors (Lipinski definition) is 4. The number of nitrogens with zero attached hydrogens (tertiary/aromatic N) is 2. The Bertz CT molecular complexity index is 663. The van der Waals surface area contributed by atoms with Crippen molar-refractivity contribution in [1.82, 2.24) is 0 Å². The summed E-state index contributed by atoms with van der Waals surface area (Å²) >= 11 is 0. The molecule has 5 nitrogen and oxygen atoms in total. The Kier molecular flexibility index (Phi) is 4.33. The van der Waals surface area contributed by atoms with Crippen LogP contribution in [0.5, 0.6) is 0 Å². The van der Waals surface area contributed by atoms with Crippen LogP contribution >= 0.6 is 0 Å². The molecule has 2 rings (SSSR count). The van der Waals surface area contributed by atoms with Crippen LogP contribution in [0.15, 0.2) is 48.8 Å². The molecule has 0 saturated carbocycles. The van der Waals surface area contributed by atoms with E-state index < -0.39 is 5.97 Å². The highest BCUT2D eigenvalue weighted by molar-refractivity contribution is 5.94. The van der Waals surface area contributed by atoms with Gasteiger partial charge in [0.25, 0.3) is 0 Å². The molecule has 0 aliphatic rings. The maximum absolute atomic E-state index is 12.4. The van der Waals surface area contributed by atoms with Crippen molar-refractivity contribution in [3.8, 4) is 0 Å². The van der Waals surface area contributed by atoms with E-state index in [1.54, 1.807) is 30.6 Å². The molecule has 0 saturated heterocycles. The average molecular weight is 285 g/mol. The molecule has 0 amide bonds. The fourth-order valence-electron chi connectivity index (χ4n) is 1.90. The van der Waals surface area contributed by atoms with E-state index in [9.17, 15) is 9.59 Å². The molecule has 1 aromatic heterocycles. The Morgan fingerprint density at radius 2 is 1.67 bits per heavy atom. The summed E-state index contributed by atoms with van der Waals surface area (Å²) in [5, 5.41) is 0. The first-order chi connectivity index (χ1) is 10.0. The van der Waals surface area contributed by atoms with Gasteiger partial charge >= 0.3 is 11.9 Å². The Morgan fingerprint density at radius 3 is 2.24 bits per heavy atom. The molecule has 1 heterocycles. The van der Waals surface area contributed by atoms with Gasteiger partial charge in [-0.05, 0) is 18.2 Å². The first kappa shape index (κ1) is 14.7. The highest BCUT2D eigenvalue weighted by atomic mass is 16.5. The van der Waals surface area contributed by atoms with Crippen molar-refractivity contribution in [3.05, 3.63) is 59.9 Å². The number of ether oxygens (including phenoxy) is 1. The van der Waals surface area contributed by atoms with Gasteiger partial charge in [0.2, 0.25) is 0 Å². The number of benzene rings is 1. The molecule has 0 bridgehead atoms. The topological polar surface area (TPSA) is 50.5 Å². The maximum Gasteiger partial charge on any atom is 0.424 e. The summed E-state index contributed by atoms with van der Waals surface area (Å²) in [5.41, 5.74) is 1.79. The van der Waals surface area contributed by atoms with Gasteiger partial charge in [0.05, 0.1) is 18.2 Å². The summed E-state index contributed by atoms with van der Waals surface area (Å²) in [6.07, 6.45) is 3.39. The third kappa shape index (κ3) is 3.25. The normalized spacial score (nSPS) is 10.0. The van der Waals surface area contributed by atoms with Crippen molar-refractivity contribution in [2.24, 2.45) is 0 Å².